The molecule has 1 aliphatic rings. The molecule has 0 unspecified atom stereocenters. The minimum Gasteiger partial charge on any atom is -0.338 e. The molecule has 0 N–H and O–H groups in total. The Kier molecular flexibility index (Phi) is 3.81. The van der Waals surface area contributed by atoms with E-state index in [1.165, 1.54) is 16.7 Å². The van der Waals surface area contributed by atoms with Crippen molar-refractivity contribution in [3.63, 3.8) is 0 Å². The molecule has 2 nitrogen and oxygen atoms in total. The molecule has 0 saturated heterocycles. The molecule has 18 heavy (non-hydrogen) atoms. The number of benzene rings is 1. The molecule has 0 atom stereocenters. The van der Waals surface area contributed by atoms with Crippen LogP contribution in [0.3, 0.4) is 0 Å². The molecular formula is C15H20BrNO. The molecule has 0 bridgehead atoms. The monoisotopic (exact) mass is 309 g/mol. The number of halogens is 1. The summed E-state index contributed by atoms with van der Waals surface area (Å²) >= 11 is 3.49. The number of rotatable bonds is 2. The fraction of sp³-hybridized carbons (Fsp3) is 0.533. The highest BCUT2D eigenvalue weighted by Gasteiger charge is 2.32. The van der Waals surface area contributed by atoms with Crippen molar-refractivity contribution in [1.82, 2.24) is 4.90 Å². The van der Waals surface area contributed by atoms with E-state index in [0.717, 1.165) is 24.8 Å². The van der Waals surface area contributed by atoms with Gasteiger partial charge in [-0.25, -0.2) is 0 Å². The largest absolute Gasteiger partial charge is 0.338 e. The average molecular weight is 310 g/mol. The van der Waals surface area contributed by atoms with Crippen LogP contribution in [0, 0.1) is 0 Å². The molecule has 2 rings (SSSR count). The van der Waals surface area contributed by atoms with Crippen LogP contribution < -0.4 is 0 Å². The van der Waals surface area contributed by atoms with Gasteiger partial charge in [0.1, 0.15) is 0 Å². The van der Waals surface area contributed by atoms with Crippen molar-refractivity contribution in [3.05, 3.63) is 34.9 Å². The van der Waals surface area contributed by atoms with Crippen LogP contribution in [0.25, 0.3) is 0 Å². The highest BCUT2D eigenvalue weighted by molar-refractivity contribution is 9.09. The summed E-state index contributed by atoms with van der Waals surface area (Å²) in [5.74, 6) is 0.165. The van der Waals surface area contributed by atoms with E-state index in [0.29, 0.717) is 0 Å². The van der Waals surface area contributed by atoms with E-state index in [2.05, 4.69) is 48.0 Å². The molecule has 98 valence electrons. The minimum atomic E-state index is 0.0432. The van der Waals surface area contributed by atoms with E-state index >= 15 is 0 Å². The van der Waals surface area contributed by atoms with E-state index in [1.807, 2.05) is 4.90 Å². The summed E-state index contributed by atoms with van der Waals surface area (Å²) in [6.07, 6.45) is 1.06. The van der Waals surface area contributed by atoms with Gasteiger partial charge in [-0.05, 0) is 23.1 Å². The van der Waals surface area contributed by atoms with Crippen molar-refractivity contribution in [1.29, 1.82) is 0 Å². The van der Waals surface area contributed by atoms with Crippen molar-refractivity contribution < 1.29 is 4.79 Å². The van der Waals surface area contributed by atoms with Gasteiger partial charge in [0.2, 0.25) is 5.91 Å². The maximum Gasteiger partial charge on any atom is 0.219 e. The third-order valence-electron chi connectivity index (χ3n) is 3.68. The topological polar surface area (TPSA) is 20.3 Å². The zero-order valence-electron chi connectivity index (χ0n) is 11.3. The summed E-state index contributed by atoms with van der Waals surface area (Å²) in [5, 5.41) is 0.992. The van der Waals surface area contributed by atoms with Gasteiger partial charge in [-0.2, -0.15) is 0 Å². The minimum absolute atomic E-state index is 0.0432. The van der Waals surface area contributed by atoms with Crippen LogP contribution in [0.2, 0.25) is 0 Å². The van der Waals surface area contributed by atoms with Gasteiger partial charge in [-0.15, -0.1) is 0 Å². The molecule has 0 spiro atoms. The molecule has 1 aromatic carbocycles. The van der Waals surface area contributed by atoms with Crippen molar-refractivity contribution in [3.8, 4) is 0 Å². The van der Waals surface area contributed by atoms with E-state index in [9.17, 15) is 4.79 Å². The lowest BCUT2D eigenvalue weighted by Crippen LogP contribution is -2.44. The average Bonchev–Trinajstić information content (AvgIpc) is 2.29. The number of hydrogen-bond acceptors (Lipinski definition) is 1. The SMILES string of the molecule is CC(=O)N1Cc2ccc(CCBr)cc2C(C)(C)C1. The van der Waals surface area contributed by atoms with Crippen LogP contribution in [0.5, 0.6) is 0 Å². The molecule has 0 aromatic heterocycles. The molecule has 0 radical (unpaired) electrons. The second kappa shape index (κ2) is 5.04. The summed E-state index contributed by atoms with van der Waals surface area (Å²) in [4.78, 5) is 13.5. The molecule has 1 heterocycles. The number of amides is 1. The zero-order chi connectivity index (χ0) is 13.3. The Balaban J connectivity index is 2.39. The first-order chi connectivity index (χ1) is 8.44. The third-order valence-corrected chi connectivity index (χ3v) is 4.08. The highest BCUT2D eigenvalue weighted by atomic mass is 79.9. The smallest absolute Gasteiger partial charge is 0.219 e. The summed E-state index contributed by atoms with van der Waals surface area (Å²) in [7, 11) is 0. The fourth-order valence-electron chi connectivity index (χ4n) is 2.70. The van der Waals surface area contributed by atoms with Crippen molar-refractivity contribution in [2.75, 3.05) is 11.9 Å². The maximum atomic E-state index is 11.6. The van der Waals surface area contributed by atoms with Crippen LogP contribution in [0.4, 0.5) is 0 Å². The molecular weight excluding hydrogens is 290 g/mol. The van der Waals surface area contributed by atoms with Gasteiger partial charge < -0.3 is 4.90 Å². The Morgan fingerprint density at radius 1 is 1.44 bits per heavy atom. The van der Waals surface area contributed by atoms with Crippen LogP contribution >= 0.6 is 15.9 Å². The number of carbonyl (C=O) groups excluding carboxylic acids is 1. The van der Waals surface area contributed by atoms with E-state index in [-0.39, 0.29) is 11.3 Å². The second-order valence-corrected chi connectivity index (χ2v) is 6.48. The Labute approximate surface area is 117 Å². The summed E-state index contributed by atoms with van der Waals surface area (Å²) in [6, 6.07) is 6.68. The standard InChI is InChI=1S/C15H20BrNO/c1-11(18)17-9-13-5-4-12(6-7-16)8-14(13)15(2,3)10-17/h4-5,8H,6-7,9-10H2,1-3H3. The van der Waals surface area contributed by atoms with E-state index < -0.39 is 0 Å². The fourth-order valence-corrected chi connectivity index (χ4v) is 3.16. The lowest BCUT2D eigenvalue weighted by molar-refractivity contribution is -0.130. The van der Waals surface area contributed by atoms with Crippen LogP contribution in [0.15, 0.2) is 18.2 Å². The van der Waals surface area contributed by atoms with E-state index in [4.69, 9.17) is 0 Å². The molecule has 1 aromatic rings. The molecule has 1 aliphatic heterocycles. The predicted octanol–water partition coefficient (Wildman–Crippen LogP) is 3.26. The zero-order valence-corrected chi connectivity index (χ0v) is 12.9. The quantitative estimate of drug-likeness (QED) is 0.768. The van der Waals surface area contributed by atoms with E-state index in [1.54, 1.807) is 6.92 Å². The van der Waals surface area contributed by atoms with Gasteiger partial charge in [0.15, 0.2) is 0 Å². The van der Waals surface area contributed by atoms with Crippen LogP contribution in [0.1, 0.15) is 37.5 Å². The normalized spacial score (nSPS) is 17.4. The first kappa shape index (κ1) is 13.6. The number of carbonyl (C=O) groups is 1. The summed E-state index contributed by atoms with van der Waals surface area (Å²) in [5.41, 5.74) is 4.11. The number of hydrogen-bond donors (Lipinski definition) is 0. The lowest BCUT2D eigenvalue weighted by Gasteiger charge is -2.39. The van der Waals surface area contributed by atoms with Crippen molar-refractivity contribution in [2.24, 2.45) is 0 Å². The van der Waals surface area contributed by atoms with Gasteiger partial charge in [0, 0.05) is 30.8 Å². The highest BCUT2D eigenvalue weighted by Crippen LogP contribution is 2.34. The number of nitrogens with zero attached hydrogens (tertiary/aromatic N) is 1. The molecule has 1 amide bonds. The lowest BCUT2D eigenvalue weighted by atomic mass is 9.77. The number of fused-ring (bicyclic) bond motifs is 1. The molecule has 0 fully saturated rings. The van der Waals surface area contributed by atoms with Gasteiger partial charge in [-0.1, -0.05) is 48.0 Å². The van der Waals surface area contributed by atoms with Gasteiger partial charge in [0.25, 0.3) is 0 Å². The third kappa shape index (κ3) is 2.61. The van der Waals surface area contributed by atoms with Gasteiger partial charge >= 0.3 is 0 Å². The number of alkyl halides is 1. The van der Waals surface area contributed by atoms with Crippen molar-refractivity contribution >= 4 is 21.8 Å². The summed E-state index contributed by atoms with van der Waals surface area (Å²) < 4.78 is 0. The first-order valence-electron chi connectivity index (χ1n) is 6.38. The Bertz CT molecular complexity index is 468. The predicted molar refractivity (Wildman–Crippen MR) is 78.1 cm³/mol. The molecule has 0 saturated carbocycles. The second-order valence-electron chi connectivity index (χ2n) is 5.69. The Morgan fingerprint density at radius 2 is 2.17 bits per heavy atom. The van der Waals surface area contributed by atoms with Crippen LogP contribution in [-0.4, -0.2) is 22.7 Å². The number of aryl methyl sites for hydroxylation is 1. The molecule has 0 aliphatic carbocycles. The Morgan fingerprint density at radius 3 is 2.78 bits per heavy atom. The van der Waals surface area contributed by atoms with Crippen molar-refractivity contribution in [2.45, 2.75) is 39.2 Å². The van der Waals surface area contributed by atoms with Crippen LogP contribution in [-0.2, 0) is 23.2 Å². The Hall–Kier alpha value is -0.830. The first-order valence-corrected chi connectivity index (χ1v) is 7.50. The summed E-state index contributed by atoms with van der Waals surface area (Å²) in [6.45, 7) is 7.66. The maximum absolute atomic E-state index is 11.6. The van der Waals surface area contributed by atoms with Gasteiger partial charge in [0.05, 0.1) is 0 Å². The van der Waals surface area contributed by atoms with Gasteiger partial charge in [-0.3, -0.25) is 4.79 Å². The molecule has 3 heteroatoms.